The van der Waals surface area contributed by atoms with Crippen LogP contribution in [0.15, 0.2) is 81.9 Å². The van der Waals surface area contributed by atoms with Crippen LogP contribution < -0.4 is 16.3 Å². The molecule has 0 aliphatic carbocycles. The maximum atomic E-state index is 15.0. The van der Waals surface area contributed by atoms with Crippen molar-refractivity contribution in [1.82, 2.24) is 28.6 Å². The smallest absolute Gasteiger partial charge is 0.352 e. The maximum absolute atomic E-state index is 15.0. The fraction of sp³-hybridized carbons (Fsp3) is 0.303. The second-order valence-electron chi connectivity index (χ2n) is 12.0. The number of hydrogen-bond donors (Lipinski definition) is 0. The van der Waals surface area contributed by atoms with Crippen molar-refractivity contribution in [2.45, 2.75) is 49.6 Å². The molecule has 2 aliphatic heterocycles. The number of amides is 1. The third-order valence-electron chi connectivity index (χ3n) is 8.89. The standard InChI is InChI=1S/C33H29F4N7O3S/c1-4-26(45)43-18(2)14-40(15-19(43)3)30-23-13-24(33(35,36)37)27(20-8-10-21(34)11-9-20)29-28(23)42(31(46)38-30)16-22(17-48-29)44-32(47)41-12-6-5-7-25(41)39-44/h4-13,18-19,22H,1,14-17H2,2-3H3/t18-,19+,22?. The molecule has 5 aromatic rings. The molecule has 7 rings (SSSR count). The molecule has 1 amide bonds. The van der Waals surface area contributed by atoms with E-state index in [1.165, 1.54) is 31.9 Å². The van der Waals surface area contributed by atoms with Crippen molar-refractivity contribution in [3.63, 3.8) is 0 Å². The van der Waals surface area contributed by atoms with Gasteiger partial charge in [0.25, 0.3) is 0 Å². The minimum atomic E-state index is -4.84. The number of carbonyl (C=O) groups excluding carboxylic acids is 1. The van der Waals surface area contributed by atoms with Crippen LogP contribution in [0.4, 0.5) is 23.4 Å². The van der Waals surface area contributed by atoms with E-state index in [1.807, 2.05) is 13.8 Å². The largest absolute Gasteiger partial charge is 0.417 e. The summed E-state index contributed by atoms with van der Waals surface area (Å²) in [5.41, 5.74) is -1.61. The fourth-order valence-corrected chi connectivity index (χ4v) is 8.21. The van der Waals surface area contributed by atoms with E-state index in [-0.39, 0.29) is 76.1 Å². The molecule has 3 aromatic heterocycles. The highest BCUT2D eigenvalue weighted by Crippen LogP contribution is 2.49. The number of halogens is 4. The molecule has 248 valence electrons. The molecular formula is C33H29F4N7O3S. The van der Waals surface area contributed by atoms with Gasteiger partial charge in [-0.2, -0.15) is 18.2 Å². The number of piperazine rings is 1. The summed E-state index contributed by atoms with van der Waals surface area (Å²) in [5.74, 6) is -0.721. The van der Waals surface area contributed by atoms with Crippen LogP contribution in [0.3, 0.4) is 0 Å². The lowest BCUT2D eigenvalue weighted by Gasteiger charge is -2.44. The topological polar surface area (TPSA) is 97.7 Å². The minimum absolute atomic E-state index is 0.0667. The number of aromatic nitrogens is 5. The van der Waals surface area contributed by atoms with E-state index in [1.54, 1.807) is 34.2 Å². The third-order valence-corrected chi connectivity index (χ3v) is 10.1. The number of alkyl halides is 3. The van der Waals surface area contributed by atoms with Gasteiger partial charge in [0.2, 0.25) is 5.91 Å². The Morgan fingerprint density at radius 1 is 1.04 bits per heavy atom. The molecule has 10 nitrogen and oxygen atoms in total. The maximum Gasteiger partial charge on any atom is 0.417 e. The number of fused-ring (bicyclic) bond motifs is 1. The van der Waals surface area contributed by atoms with Gasteiger partial charge in [-0.15, -0.1) is 16.9 Å². The van der Waals surface area contributed by atoms with Gasteiger partial charge in [-0.1, -0.05) is 24.8 Å². The molecule has 0 bridgehead atoms. The molecule has 2 aromatic carbocycles. The van der Waals surface area contributed by atoms with Gasteiger partial charge in [0.05, 0.1) is 23.7 Å². The second kappa shape index (κ2) is 11.6. The molecule has 0 radical (unpaired) electrons. The Morgan fingerprint density at radius 2 is 1.75 bits per heavy atom. The lowest BCUT2D eigenvalue weighted by atomic mass is 9.96. The van der Waals surface area contributed by atoms with E-state index >= 15 is 13.2 Å². The van der Waals surface area contributed by atoms with Gasteiger partial charge in [-0.05, 0) is 55.8 Å². The van der Waals surface area contributed by atoms with E-state index in [9.17, 15) is 18.8 Å². The lowest BCUT2D eigenvalue weighted by Crippen LogP contribution is -2.58. The zero-order valence-corrected chi connectivity index (χ0v) is 26.6. The molecule has 0 spiro atoms. The van der Waals surface area contributed by atoms with Crippen LogP contribution in [-0.4, -0.2) is 65.5 Å². The van der Waals surface area contributed by atoms with Crippen LogP contribution in [0.1, 0.15) is 25.5 Å². The van der Waals surface area contributed by atoms with Gasteiger partial charge in [0.15, 0.2) is 5.65 Å². The molecular weight excluding hydrogens is 650 g/mol. The summed E-state index contributed by atoms with van der Waals surface area (Å²) in [4.78, 5) is 47.9. The Balaban J connectivity index is 1.49. The average Bonchev–Trinajstić information content (AvgIpc) is 3.24. The Labute approximate surface area is 274 Å². The van der Waals surface area contributed by atoms with Crippen molar-refractivity contribution in [3.8, 4) is 11.1 Å². The first kappa shape index (κ1) is 31.7. The third kappa shape index (κ3) is 5.16. The van der Waals surface area contributed by atoms with Crippen LogP contribution in [-0.2, 0) is 17.5 Å². The van der Waals surface area contributed by atoms with Gasteiger partial charge >= 0.3 is 17.6 Å². The molecule has 3 atom stereocenters. The number of benzene rings is 2. The highest BCUT2D eigenvalue weighted by Gasteiger charge is 2.40. The van der Waals surface area contributed by atoms with Crippen LogP contribution in [0.2, 0.25) is 0 Å². The van der Waals surface area contributed by atoms with E-state index in [4.69, 9.17) is 0 Å². The Hall–Kier alpha value is -4.92. The summed E-state index contributed by atoms with van der Waals surface area (Å²) in [6, 6.07) is 9.34. The molecule has 15 heteroatoms. The molecule has 1 fully saturated rings. The first-order valence-corrected chi connectivity index (χ1v) is 16.2. The number of anilines is 1. The first-order chi connectivity index (χ1) is 22.9. The SMILES string of the molecule is C=CC(=O)N1[C@H](C)CN(c2nc(=O)n3c4c(c(-c5ccc(F)cc5)c(C(F)(F)F)cc24)SCC(n2nc4ccccn4c2=O)C3)C[C@@H]1C. The first-order valence-electron chi connectivity index (χ1n) is 15.2. The molecule has 0 N–H and O–H groups in total. The van der Waals surface area contributed by atoms with Crippen molar-refractivity contribution in [1.29, 1.82) is 0 Å². The minimum Gasteiger partial charge on any atom is -0.352 e. The van der Waals surface area contributed by atoms with Crippen molar-refractivity contribution in [2.75, 3.05) is 23.7 Å². The van der Waals surface area contributed by atoms with E-state index in [0.717, 1.165) is 30.0 Å². The van der Waals surface area contributed by atoms with Crippen molar-refractivity contribution < 1.29 is 22.4 Å². The molecule has 48 heavy (non-hydrogen) atoms. The Kier molecular flexibility index (Phi) is 7.68. The number of pyridine rings is 1. The number of hydrogen-bond acceptors (Lipinski definition) is 7. The second-order valence-corrected chi connectivity index (χ2v) is 13.1. The van der Waals surface area contributed by atoms with Crippen molar-refractivity contribution in [3.05, 3.63) is 99.7 Å². The van der Waals surface area contributed by atoms with E-state index < -0.39 is 35.0 Å². The normalized spacial score (nSPS) is 19.9. The average molecular weight is 680 g/mol. The molecule has 2 aliphatic rings. The number of nitrogens with zero attached hydrogens (tertiary/aromatic N) is 7. The molecule has 1 unspecified atom stereocenters. The molecule has 5 heterocycles. The van der Waals surface area contributed by atoms with Gasteiger partial charge < -0.3 is 9.80 Å². The fourth-order valence-electron chi connectivity index (χ4n) is 6.88. The number of rotatable bonds is 4. The van der Waals surface area contributed by atoms with Crippen LogP contribution >= 0.6 is 11.8 Å². The Morgan fingerprint density at radius 3 is 2.40 bits per heavy atom. The summed E-state index contributed by atoms with van der Waals surface area (Å²) >= 11 is 1.08. The van der Waals surface area contributed by atoms with E-state index in [0.29, 0.717) is 5.65 Å². The predicted molar refractivity (Wildman–Crippen MR) is 174 cm³/mol. The Bertz CT molecular complexity index is 2220. The highest BCUT2D eigenvalue weighted by molar-refractivity contribution is 7.99. The van der Waals surface area contributed by atoms with Gasteiger partial charge in [0.1, 0.15) is 11.6 Å². The van der Waals surface area contributed by atoms with Crippen molar-refractivity contribution in [2.24, 2.45) is 0 Å². The van der Waals surface area contributed by atoms with Gasteiger partial charge in [-0.25, -0.2) is 18.7 Å². The van der Waals surface area contributed by atoms with Crippen molar-refractivity contribution >= 4 is 40.0 Å². The summed E-state index contributed by atoms with van der Waals surface area (Å²) in [5, 5.41) is 4.56. The summed E-state index contributed by atoms with van der Waals surface area (Å²) < 4.78 is 63.1. The van der Waals surface area contributed by atoms with Crippen LogP contribution in [0.5, 0.6) is 0 Å². The predicted octanol–water partition coefficient (Wildman–Crippen LogP) is 4.99. The summed E-state index contributed by atoms with van der Waals surface area (Å²) in [6.07, 6.45) is -2.06. The lowest BCUT2D eigenvalue weighted by molar-refractivity contribution is -0.137. The monoisotopic (exact) mass is 679 g/mol. The van der Waals surface area contributed by atoms with Crippen LogP contribution in [0, 0.1) is 5.82 Å². The van der Waals surface area contributed by atoms with E-state index in [2.05, 4.69) is 16.7 Å². The zero-order valence-electron chi connectivity index (χ0n) is 25.8. The molecule has 0 saturated carbocycles. The zero-order chi connectivity index (χ0) is 34.1. The van der Waals surface area contributed by atoms with Gasteiger partial charge in [0, 0.05) is 53.0 Å². The summed E-state index contributed by atoms with van der Waals surface area (Å²) in [6.45, 7) is 7.53. The molecule has 1 saturated heterocycles. The van der Waals surface area contributed by atoms with Crippen LogP contribution in [0.25, 0.3) is 27.7 Å². The highest BCUT2D eigenvalue weighted by atomic mass is 32.2. The quantitative estimate of drug-likeness (QED) is 0.195. The number of thioether (sulfide) groups is 1. The van der Waals surface area contributed by atoms with Gasteiger partial charge in [-0.3, -0.25) is 13.8 Å². The summed E-state index contributed by atoms with van der Waals surface area (Å²) in [7, 11) is 0. The number of carbonyl (C=O) groups is 1.